The van der Waals surface area contributed by atoms with E-state index in [1.54, 1.807) is 11.8 Å². The third-order valence-electron chi connectivity index (χ3n) is 1.26. The van der Waals surface area contributed by atoms with Crippen LogP contribution in [-0.2, 0) is 0 Å². The molecule has 0 aliphatic rings. The number of halogens is 3. The van der Waals surface area contributed by atoms with Gasteiger partial charge in [0.15, 0.2) is 0 Å². The van der Waals surface area contributed by atoms with Gasteiger partial charge in [-0.05, 0) is 5.25 Å². The summed E-state index contributed by atoms with van der Waals surface area (Å²) >= 11 is 1.68. The third-order valence-corrected chi connectivity index (χ3v) is 2.44. The van der Waals surface area contributed by atoms with Gasteiger partial charge >= 0.3 is 6.18 Å². The van der Waals surface area contributed by atoms with E-state index in [0.717, 1.165) is 0 Å². The van der Waals surface area contributed by atoms with Crippen molar-refractivity contribution in [3.05, 3.63) is 0 Å². The fourth-order valence-electron chi connectivity index (χ4n) is 0.930. The van der Waals surface area contributed by atoms with E-state index >= 15 is 0 Å². The van der Waals surface area contributed by atoms with Crippen LogP contribution in [0.1, 0.15) is 20.8 Å². The summed E-state index contributed by atoms with van der Waals surface area (Å²) in [6.45, 7) is 5.50. The van der Waals surface area contributed by atoms with Gasteiger partial charge in [-0.3, -0.25) is 0 Å². The summed E-state index contributed by atoms with van der Waals surface area (Å²) in [6, 6.07) is 0. The molecule has 0 aromatic rings. The highest BCUT2D eigenvalue weighted by atomic mass is 32.2. The summed E-state index contributed by atoms with van der Waals surface area (Å²) < 4.78 is 35.1. The first-order chi connectivity index (χ1) is 5.81. The second kappa shape index (κ2) is 5.75. The van der Waals surface area contributed by atoms with Crippen LogP contribution in [0.2, 0.25) is 0 Å². The lowest BCUT2D eigenvalue weighted by Crippen LogP contribution is -2.33. The molecule has 5 heteroatoms. The first-order valence-electron chi connectivity index (χ1n) is 4.24. The summed E-state index contributed by atoms with van der Waals surface area (Å²) in [7, 11) is 0. The van der Waals surface area contributed by atoms with Crippen LogP contribution < -0.4 is 5.32 Å². The monoisotopic (exact) mass is 215 g/mol. The molecule has 0 amide bonds. The first kappa shape index (κ1) is 13.1. The Hall–Kier alpha value is 0.100. The van der Waals surface area contributed by atoms with Crippen LogP contribution >= 0.6 is 11.8 Å². The number of nitrogens with one attached hydrogen (secondary N) is 1. The molecule has 1 atom stereocenters. The number of rotatable bonds is 5. The molecule has 0 aliphatic carbocycles. The molecular weight excluding hydrogens is 199 g/mol. The third kappa shape index (κ3) is 10.0. The van der Waals surface area contributed by atoms with E-state index in [9.17, 15) is 13.2 Å². The van der Waals surface area contributed by atoms with Gasteiger partial charge in [0, 0.05) is 11.8 Å². The van der Waals surface area contributed by atoms with Crippen molar-refractivity contribution in [2.75, 3.05) is 13.1 Å². The van der Waals surface area contributed by atoms with Crippen LogP contribution in [-0.4, -0.2) is 29.8 Å². The average Bonchev–Trinajstić information content (AvgIpc) is 1.81. The van der Waals surface area contributed by atoms with Crippen molar-refractivity contribution in [1.29, 1.82) is 0 Å². The van der Waals surface area contributed by atoms with E-state index in [0.29, 0.717) is 11.8 Å². The van der Waals surface area contributed by atoms with Crippen LogP contribution in [0.5, 0.6) is 0 Å². The van der Waals surface area contributed by atoms with Crippen molar-refractivity contribution in [3.8, 4) is 0 Å². The zero-order valence-electron chi connectivity index (χ0n) is 8.11. The van der Waals surface area contributed by atoms with E-state index in [-0.39, 0.29) is 5.25 Å². The van der Waals surface area contributed by atoms with E-state index in [1.807, 2.05) is 20.8 Å². The lowest BCUT2D eigenvalue weighted by atomic mass is 10.4. The predicted molar refractivity (Wildman–Crippen MR) is 51.1 cm³/mol. The normalized spacial score (nSPS) is 15.0. The highest BCUT2D eigenvalue weighted by molar-refractivity contribution is 8.00. The molecule has 0 aromatic carbocycles. The van der Waals surface area contributed by atoms with Crippen molar-refractivity contribution < 1.29 is 13.2 Å². The zero-order valence-corrected chi connectivity index (χ0v) is 8.93. The van der Waals surface area contributed by atoms with Gasteiger partial charge in [0.1, 0.15) is 0 Å². The van der Waals surface area contributed by atoms with Crippen molar-refractivity contribution in [2.45, 2.75) is 37.4 Å². The summed E-state index contributed by atoms with van der Waals surface area (Å²) in [5, 5.41) is 3.07. The van der Waals surface area contributed by atoms with Gasteiger partial charge in [-0.2, -0.15) is 24.9 Å². The maximum Gasteiger partial charge on any atom is 0.401 e. The highest BCUT2D eigenvalue weighted by Gasteiger charge is 2.26. The number of thioether (sulfide) groups is 1. The zero-order chi connectivity index (χ0) is 10.5. The maximum atomic E-state index is 11.7. The van der Waals surface area contributed by atoms with Crippen LogP contribution in [0.15, 0.2) is 0 Å². The fourth-order valence-corrected chi connectivity index (χ4v) is 2.07. The molecule has 0 aliphatic heterocycles. The highest BCUT2D eigenvalue weighted by Crippen LogP contribution is 2.16. The van der Waals surface area contributed by atoms with Gasteiger partial charge in [-0.25, -0.2) is 0 Å². The van der Waals surface area contributed by atoms with Gasteiger partial charge in [0.2, 0.25) is 0 Å². The van der Waals surface area contributed by atoms with Crippen molar-refractivity contribution in [3.63, 3.8) is 0 Å². The molecular formula is C8H16F3NS. The smallest absolute Gasteiger partial charge is 0.308 e. The molecule has 0 bridgehead atoms. The quantitative estimate of drug-likeness (QED) is 0.756. The first-order valence-corrected chi connectivity index (χ1v) is 5.18. The van der Waals surface area contributed by atoms with Crippen molar-refractivity contribution >= 4 is 11.8 Å². The van der Waals surface area contributed by atoms with Crippen LogP contribution in [0, 0.1) is 0 Å². The molecule has 0 heterocycles. The Bertz CT molecular complexity index is 136. The van der Waals surface area contributed by atoms with Crippen LogP contribution in [0.3, 0.4) is 0 Å². The van der Waals surface area contributed by atoms with E-state index < -0.39 is 12.7 Å². The molecule has 0 aromatic heterocycles. The van der Waals surface area contributed by atoms with Crippen molar-refractivity contribution in [1.82, 2.24) is 5.32 Å². The molecule has 80 valence electrons. The lowest BCUT2D eigenvalue weighted by Gasteiger charge is -2.15. The van der Waals surface area contributed by atoms with Gasteiger partial charge < -0.3 is 5.32 Å². The van der Waals surface area contributed by atoms with Crippen LogP contribution in [0.4, 0.5) is 13.2 Å². The minimum Gasteiger partial charge on any atom is -0.308 e. The van der Waals surface area contributed by atoms with Crippen LogP contribution in [0.25, 0.3) is 0 Å². The van der Waals surface area contributed by atoms with Gasteiger partial charge in [-0.1, -0.05) is 20.8 Å². The lowest BCUT2D eigenvalue weighted by molar-refractivity contribution is -0.124. The van der Waals surface area contributed by atoms with E-state index in [2.05, 4.69) is 5.32 Å². The van der Waals surface area contributed by atoms with E-state index in [1.165, 1.54) is 0 Å². The minimum atomic E-state index is -4.10. The standard InChI is InChI=1S/C8H16F3NS/c1-6(2)13-7(3)4-12-5-8(9,10)11/h6-7,12H,4-5H2,1-3H3. The summed E-state index contributed by atoms with van der Waals surface area (Å²) in [6.07, 6.45) is -4.10. The summed E-state index contributed by atoms with van der Waals surface area (Å²) in [5.74, 6) is 0. The minimum absolute atomic E-state index is 0.224. The van der Waals surface area contributed by atoms with Gasteiger partial charge in [-0.15, -0.1) is 0 Å². The Balaban J connectivity index is 3.42. The second-order valence-corrected chi connectivity index (χ2v) is 5.26. The Morgan fingerprint density at radius 1 is 1.23 bits per heavy atom. The number of hydrogen-bond acceptors (Lipinski definition) is 2. The second-order valence-electron chi connectivity index (χ2n) is 3.24. The van der Waals surface area contributed by atoms with E-state index in [4.69, 9.17) is 0 Å². The number of alkyl halides is 3. The molecule has 0 saturated heterocycles. The Morgan fingerprint density at radius 3 is 2.15 bits per heavy atom. The molecule has 13 heavy (non-hydrogen) atoms. The van der Waals surface area contributed by atoms with Crippen molar-refractivity contribution in [2.24, 2.45) is 0 Å². The topological polar surface area (TPSA) is 12.0 Å². The molecule has 0 rings (SSSR count). The van der Waals surface area contributed by atoms with Gasteiger partial charge in [0.25, 0.3) is 0 Å². The SMILES string of the molecule is CC(C)SC(C)CNCC(F)(F)F. The fraction of sp³-hybridized carbons (Fsp3) is 1.00. The molecule has 0 fully saturated rings. The number of hydrogen-bond donors (Lipinski definition) is 1. The molecule has 0 saturated carbocycles. The Kier molecular flexibility index (Phi) is 5.80. The molecule has 0 radical (unpaired) electrons. The van der Waals surface area contributed by atoms with Gasteiger partial charge in [0.05, 0.1) is 6.54 Å². The molecule has 1 nitrogen and oxygen atoms in total. The molecule has 0 spiro atoms. The maximum absolute atomic E-state index is 11.7. The average molecular weight is 215 g/mol. The predicted octanol–water partition coefficient (Wildman–Crippen LogP) is 2.67. The summed E-state index contributed by atoms with van der Waals surface area (Å²) in [5.41, 5.74) is 0. The molecule has 1 unspecified atom stereocenters. The Morgan fingerprint density at radius 2 is 1.77 bits per heavy atom. The Labute approximate surface area is 81.5 Å². The largest absolute Gasteiger partial charge is 0.401 e. The molecule has 1 N–H and O–H groups in total. The summed E-state index contributed by atoms with van der Waals surface area (Å²) in [4.78, 5) is 0.